The van der Waals surface area contributed by atoms with Crippen LogP contribution in [0.5, 0.6) is 5.75 Å². The van der Waals surface area contributed by atoms with E-state index in [1.807, 2.05) is 36.4 Å². The van der Waals surface area contributed by atoms with Crippen molar-refractivity contribution in [1.29, 1.82) is 0 Å². The molecule has 0 N–H and O–H groups in total. The maximum Gasteiger partial charge on any atom is 0.308 e. The average molecular weight is 236 g/mol. The molecule has 0 aromatic heterocycles. The zero-order valence-corrected chi connectivity index (χ0v) is 10.0. The van der Waals surface area contributed by atoms with Gasteiger partial charge in [-0.1, -0.05) is 24.3 Å². The van der Waals surface area contributed by atoms with Gasteiger partial charge in [-0.2, -0.15) is 0 Å². The highest BCUT2D eigenvalue weighted by atomic mass is 16.5. The molecule has 0 atom stereocenters. The van der Waals surface area contributed by atoms with Crippen LogP contribution in [-0.2, 0) is 4.79 Å². The predicted molar refractivity (Wildman–Crippen MR) is 70.8 cm³/mol. The van der Waals surface area contributed by atoms with Gasteiger partial charge < -0.3 is 4.74 Å². The number of hydrogen-bond donors (Lipinski definition) is 0. The van der Waals surface area contributed by atoms with Crippen LogP contribution in [0.4, 0.5) is 0 Å². The van der Waals surface area contributed by atoms with Gasteiger partial charge in [0, 0.05) is 6.92 Å². The first kappa shape index (κ1) is 12.1. The Balaban J connectivity index is 2.06. The molecule has 0 fully saturated rings. The molecule has 18 heavy (non-hydrogen) atoms. The molecule has 2 heteroatoms. The highest BCUT2D eigenvalue weighted by Gasteiger charge is 1.96. The third-order valence-corrected chi connectivity index (χ3v) is 2.28. The summed E-state index contributed by atoms with van der Waals surface area (Å²) < 4.78 is 4.96. The first-order valence-corrected chi connectivity index (χ1v) is 5.58. The van der Waals surface area contributed by atoms with Crippen LogP contribution in [0, 0.1) is 12.1 Å². The van der Waals surface area contributed by atoms with E-state index in [0.29, 0.717) is 5.75 Å². The molecule has 0 bridgehead atoms. The van der Waals surface area contributed by atoms with Gasteiger partial charge in [-0.05, 0) is 53.6 Å². The molecule has 2 nitrogen and oxygen atoms in total. The van der Waals surface area contributed by atoms with Crippen molar-refractivity contribution in [2.75, 3.05) is 0 Å². The minimum absolute atomic E-state index is 0.311. The molecule has 2 rings (SSSR count). The van der Waals surface area contributed by atoms with E-state index in [0.717, 1.165) is 11.1 Å². The van der Waals surface area contributed by atoms with E-state index >= 15 is 0 Å². The Morgan fingerprint density at radius 1 is 1.06 bits per heavy atom. The topological polar surface area (TPSA) is 26.3 Å². The molecule has 0 unspecified atom stereocenters. The highest BCUT2D eigenvalue weighted by Crippen LogP contribution is 2.14. The summed E-state index contributed by atoms with van der Waals surface area (Å²) in [4.78, 5) is 10.8. The third-order valence-electron chi connectivity index (χ3n) is 2.28. The van der Waals surface area contributed by atoms with Crippen LogP contribution in [-0.4, -0.2) is 5.97 Å². The quantitative estimate of drug-likeness (QED) is 0.464. The fraction of sp³-hybridized carbons (Fsp3) is 0.0625. The summed E-state index contributed by atoms with van der Waals surface area (Å²) in [6, 6.07) is 18.8. The van der Waals surface area contributed by atoms with Crippen molar-refractivity contribution < 1.29 is 9.53 Å². The van der Waals surface area contributed by atoms with Crippen LogP contribution < -0.4 is 4.74 Å². The van der Waals surface area contributed by atoms with Crippen LogP contribution in [0.2, 0.25) is 0 Å². The van der Waals surface area contributed by atoms with Gasteiger partial charge in [0.2, 0.25) is 0 Å². The maximum absolute atomic E-state index is 10.8. The molecular formula is C16H12O2. The summed E-state index contributed by atoms with van der Waals surface area (Å²) in [6.45, 7) is 1.39. The number of rotatable bonds is 3. The minimum Gasteiger partial charge on any atom is -0.427 e. The van der Waals surface area contributed by atoms with Crippen molar-refractivity contribution in [3.8, 4) is 5.75 Å². The largest absolute Gasteiger partial charge is 0.427 e. The Hall–Kier alpha value is -2.35. The van der Waals surface area contributed by atoms with E-state index in [1.54, 1.807) is 18.2 Å². The van der Waals surface area contributed by atoms with Crippen molar-refractivity contribution in [3.05, 3.63) is 65.7 Å². The van der Waals surface area contributed by atoms with Crippen LogP contribution in [0.1, 0.15) is 18.1 Å². The Kier molecular flexibility index (Phi) is 3.92. The fourth-order valence-corrected chi connectivity index (χ4v) is 1.47. The van der Waals surface area contributed by atoms with Crippen molar-refractivity contribution in [2.24, 2.45) is 0 Å². The molecule has 0 amide bonds. The SMILES string of the molecule is CC(=O)Oc1ccc(C=Cc2c[c]c[c]c2)cc1. The van der Waals surface area contributed by atoms with E-state index in [4.69, 9.17) is 4.74 Å². The van der Waals surface area contributed by atoms with Crippen LogP contribution in [0.15, 0.2) is 42.5 Å². The van der Waals surface area contributed by atoms with Crippen LogP contribution in [0.25, 0.3) is 12.2 Å². The lowest BCUT2D eigenvalue weighted by Gasteiger charge is -2.00. The second-order valence-electron chi connectivity index (χ2n) is 3.76. The van der Waals surface area contributed by atoms with Crippen LogP contribution >= 0.6 is 0 Å². The molecule has 0 heterocycles. The van der Waals surface area contributed by atoms with Crippen molar-refractivity contribution in [2.45, 2.75) is 6.92 Å². The number of hydrogen-bond acceptors (Lipinski definition) is 2. The molecule has 0 saturated carbocycles. The van der Waals surface area contributed by atoms with Gasteiger partial charge in [-0.3, -0.25) is 4.79 Å². The summed E-state index contributed by atoms with van der Waals surface area (Å²) >= 11 is 0. The monoisotopic (exact) mass is 236 g/mol. The Morgan fingerprint density at radius 2 is 1.67 bits per heavy atom. The van der Waals surface area contributed by atoms with Gasteiger partial charge in [0.15, 0.2) is 0 Å². The summed E-state index contributed by atoms with van der Waals surface area (Å²) in [6.07, 6.45) is 3.96. The Bertz CT molecular complexity index is 539. The lowest BCUT2D eigenvalue weighted by molar-refractivity contribution is -0.131. The molecule has 0 spiro atoms. The number of carbonyl (C=O) groups is 1. The van der Waals surface area contributed by atoms with Crippen molar-refractivity contribution >= 4 is 18.1 Å². The van der Waals surface area contributed by atoms with Gasteiger partial charge in [-0.25, -0.2) is 0 Å². The molecule has 0 aliphatic carbocycles. The van der Waals surface area contributed by atoms with E-state index in [1.165, 1.54) is 6.92 Å². The third kappa shape index (κ3) is 3.59. The maximum atomic E-state index is 10.8. The Labute approximate surface area is 107 Å². The molecule has 0 aliphatic rings. The molecule has 2 radical (unpaired) electrons. The molecule has 0 saturated heterocycles. The van der Waals surface area contributed by atoms with Gasteiger partial charge >= 0.3 is 5.97 Å². The number of benzene rings is 2. The first-order chi connectivity index (χ1) is 8.74. The summed E-state index contributed by atoms with van der Waals surface area (Å²) in [5.41, 5.74) is 2.08. The predicted octanol–water partition coefficient (Wildman–Crippen LogP) is 3.38. The number of ether oxygens (including phenoxy) is 1. The second-order valence-corrected chi connectivity index (χ2v) is 3.76. The van der Waals surface area contributed by atoms with Gasteiger partial charge in [0.05, 0.1) is 0 Å². The van der Waals surface area contributed by atoms with Gasteiger partial charge in [0.1, 0.15) is 5.75 Å². The zero-order chi connectivity index (χ0) is 12.8. The highest BCUT2D eigenvalue weighted by molar-refractivity contribution is 5.71. The Morgan fingerprint density at radius 3 is 2.28 bits per heavy atom. The van der Waals surface area contributed by atoms with Crippen molar-refractivity contribution in [1.82, 2.24) is 0 Å². The fourth-order valence-electron chi connectivity index (χ4n) is 1.47. The number of esters is 1. The summed E-state index contributed by atoms with van der Waals surface area (Å²) in [7, 11) is 0. The van der Waals surface area contributed by atoms with Gasteiger partial charge in [0.25, 0.3) is 0 Å². The normalized spacial score (nSPS) is 10.5. The van der Waals surface area contributed by atoms with E-state index in [9.17, 15) is 4.79 Å². The summed E-state index contributed by atoms with van der Waals surface area (Å²) in [5, 5.41) is 0. The molecule has 0 aliphatic heterocycles. The zero-order valence-electron chi connectivity index (χ0n) is 10.0. The van der Waals surface area contributed by atoms with Gasteiger partial charge in [-0.15, -0.1) is 0 Å². The summed E-state index contributed by atoms with van der Waals surface area (Å²) in [5.74, 6) is 0.245. The van der Waals surface area contributed by atoms with Crippen LogP contribution in [0.3, 0.4) is 0 Å². The first-order valence-electron chi connectivity index (χ1n) is 5.58. The van der Waals surface area contributed by atoms with Crippen molar-refractivity contribution in [3.63, 3.8) is 0 Å². The number of carbonyl (C=O) groups excluding carboxylic acids is 1. The standard InChI is InChI=1S/C16H12O2/c1-13(17)18-16-11-9-15(10-12-16)8-7-14-5-3-2-4-6-14/h2,5-12H,1H3. The average Bonchev–Trinajstić information content (AvgIpc) is 2.38. The smallest absolute Gasteiger partial charge is 0.308 e. The lowest BCUT2D eigenvalue weighted by Crippen LogP contribution is -2.00. The minimum atomic E-state index is -0.311. The lowest BCUT2D eigenvalue weighted by atomic mass is 10.1. The van der Waals surface area contributed by atoms with E-state index in [-0.39, 0.29) is 5.97 Å². The molecular weight excluding hydrogens is 224 g/mol. The second kappa shape index (κ2) is 5.82. The molecule has 88 valence electrons. The molecule has 2 aromatic carbocycles. The van der Waals surface area contributed by atoms with E-state index < -0.39 is 0 Å². The molecule has 2 aromatic rings. The van der Waals surface area contributed by atoms with E-state index in [2.05, 4.69) is 12.1 Å².